The van der Waals surface area contributed by atoms with E-state index in [0.717, 1.165) is 42.6 Å². The van der Waals surface area contributed by atoms with Gasteiger partial charge in [0.05, 0.1) is 11.9 Å². The molecule has 31 heavy (non-hydrogen) atoms. The summed E-state index contributed by atoms with van der Waals surface area (Å²) >= 11 is 0. The first-order valence-corrected chi connectivity index (χ1v) is 10.7. The highest BCUT2D eigenvalue weighted by Gasteiger charge is 2.20. The lowest BCUT2D eigenvalue weighted by Gasteiger charge is -2.30. The summed E-state index contributed by atoms with van der Waals surface area (Å²) in [4.78, 5) is 14.9. The van der Waals surface area contributed by atoms with Crippen LogP contribution < -0.4 is 15.4 Å². The average molecular weight is 420 g/mol. The molecule has 2 heterocycles. The zero-order valence-corrected chi connectivity index (χ0v) is 18.0. The van der Waals surface area contributed by atoms with Crippen molar-refractivity contribution in [1.29, 1.82) is 0 Å². The van der Waals surface area contributed by atoms with Gasteiger partial charge in [0, 0.05) is 31.4 Å². The van der Waals surface area contributed by atoms with Crippen molar-refractivity contribution >= 4 is 11.7 Å². The van der Waals surface area contributed by atoms with Crippen LogP contribution in [0.15, 0.2) is 54.9 Å². The molecule has 1 aromatic heterocycles. The summed E-state index contributed by atoms with van der Waals surface area (Å²) in [7, 11) is 2.13. The van der Waals surface area contributed by atoms with Crippen LogP contribution in [0.2, 0.25) is 0 Å². The minimum Gasteiger partial charge on any atom is -0.488 e. The molecule has 162 valence electrons. The second-order valence-electron chi connectivity index (χ2n) is 8.12. The molecule has 0 aliphatic carbocycles. The molecule has 7 nitrogen and oxygen atoms in total. The fourth-order valence-electron chi connectivity index (χ4n) is 3.76. The monoisotopic (exact) mass is 419 g/mol. The van der Waals surface area contributed by atoms with E-state index >= 15 is 0 Å². The number of aryl methyl sites for hydroxylation is 1. The van der Waals surface area contributed by atoms with Crippen molar-refractivity contribution in [2.45, 2.75) is 32.4 Å². The summed E-state index contributed by atoms with van der Waals surface area (Å²) in [6.07, 6.45) is 5.68. The number of benzene rings is 2. The zero-order chi connectivity index (χ0) is 21.6. The molecular weight excluding hydrogens is 390 g/mol. The number of urea groups is 1. The van der Waals surface area contributed by atoms with Crippen LogP contribution in [0.5, 0.6) is 5.75 Å². The number of piperidine rings is 1. The highest BCUT2D eigenvalue weighted by molar-refractivity contribution is 5.91. The van der Waals surface area contributed by atoms with Crippen LogP contribution in [0.25, 0.3) is 11.1 Å². The number of amides is 2. The van der Waals surface area contributed by atoms with Gasteiger partial charge in [0.1, 0.15) is 11.9 Å². The Morgan fingerprint density at radius 3 is 2.77 bits per heavy atom. The van der Waals surface area contributed by atoms with Gasteiger partial charge in [-0.1, -0.05) is 35.9 Å². The first kappa shape index (κ1) is 20.9. The SMILES string of the molecule is Cc1cccc(CNC(=O)Nc2ccc(-c3cn[nH]c3)cc2OC2CCN(C)CC2)c1. The van der Waals surface area contributed by atoms with E-state index in [-0.39, 0.29) is 12.1 Å². The van der Waals surface area contributed by atoms with E-state index in [1.54, 1.807) is 6.20 Å². The summed E-state index contributed by atoms with van der Waals surface area (Å²) in [5, 5.41) is 12.8. The Morgan fingerprint density at radius 1 is 1.19 bits per heavy atom. The summed E-state index contributed by atoms with van der Waals surface area (Å²) in [5.41, 5.74) is 4.86. The van der Waals surface area contributed by atoms with Crippen molar-refractivity contribution in [1.82, 2.24) is 20.4 Å². The lowest BCUT2D eigenvalue weighted by Crippen LogP contribution is -2.36. The Bertz CT molecular complexity index is 1010. The molecule has 1 saturated heterocycles. The van der Waals surface area contributed by atoms with E-state index in [1.165, 1.54) is 5.56 Å². The van der Waals surface area contributed by atoms with E-state index in [1.807, 2.05) is 49.5 Å². The van der Waals surface area contributed by atoms with Crippen LogP contribution in [-0.2, 0) is 6.54 Å². The molecule has 0 radical (unpaired) electrons. The fourth-order valence-corrected chi connectivity index (χ4v) is 3.76. The first-order chi connectivity index (χ1) is 15.1. The van der Waals surface area contributed by atoms with Gasteiger partial charge in [0.25, 0.3) is 0 Å². The number of nitrogens with one attached hydrogen (secondary N) is 3. The Hall–Kier alpha value is -3.32. The van der Waals surface area contributed by atoms with Gasteiger partial charge < -0.3 is 20.3 Å². The smallest absolute Gasteiger partial charge is 0.319 e. The first-order valence-electron chi connectivity index (χ1n) is 10.7. The number of aromatic nitrogens is 2. The quantitative estimate of drug-likeness (QED) is 0.560. The number of rotatable bonds is 6. The number of hydrogen-bond donors (Lipinski definition) is 3. The molecule has 0 atom stereocenters. The third-order valence-corrected chi connectivity index (χ3v) is 5.56. The Labute approximate surface area is 182 Å². The molecule has 0 saturated carbocycles. The fraction of sp³-hybridized carbons (Fsp3) is 0.333. The normalized spacial score (nSPS) is 14.9. The molecule has 1 aliphatic rings. The van der Waals surface area contributed by atoms with Crippen LogP contribution in [0.1, 0.15) is 24.0 Å². The molecular formula is C24H29N5O2. The second-order valence-corrected chi connectivity index (χ2v) is 8.12. The second kappa shape index (κ2) is 9.66. The maximum atomic E-state index is 12.6. The van der Waals surface area contributed by atoms with Crippen molar-refractivity contribution in [2.75, 3.05) is 25.5 Å². The highest BCUT2D eigenvalue weighted by atomic mass is 16.5. The molecule has 7 heteroatoms. The number of carbonyl (C=O) groups is 1. The highest BCUT2D eigenvalue weighted by Crippen LogP contribution is 2.32. The maximum Gasteiger partial charge on any atom is 0.319 e. The minimum absolute atomic E-state index is 0.131. The minimum atomic E-state index is -0.259. The molecule has 2 aromatic carbocycles. The van der Waals surface area contributed by atoms with E-state index in [4.69, 9.17) is 4.74 Å². The Balaban J connectivity index is 1.47. The van der Waals surface area contributed by atoms with Crippen LogP contribution >= 0.6 is 0 Å². The van der Waals surface area contributed by atoms with Gasteiger partial charge in [-0.05, 0) is 50.1 Å². The van der Waals surface area contributed by atoms with Gasteiger partial charge in [0.15, 0.2) is 0 Å². The van der Waals surface area contributed by atoms with E-state index in [2.05, 4.69) is 38.8 Å². The molecule has 4 rings (SSSR count). The number of aromatic amines is 1. The molecule has 1 aliphatic heterocycles. The van der Waals surface area contributed by atoms with Crippen LogP contribution in [0.4, 0.5) is 10.5 Å². The summed E-state index contributed by atoms with van der Waals surface area (Å²) in [5.74, 6) is 0.680. The topological polar surface area (TPSA) is 82.3 Å². The molecule has 2 amide bonds. The van der Waals surface area contributed by atoms with Crippen LogP contribution in [-0.4, -0.2) is 47.4 Å². The third-order valence-electron chi connectivity index (χ3n) is 5.56. The van der Waals surface area contributed by atoms with E-state index in [9.17, 15) is 4.79 Å². The number of likely N-dealkylation sites (tertiary alicyclic amines) is 1. The third kappa shape index (κ3) is 5.64. The van der Waals surface area contributed by atoms with Crippen molar-refractivity contribution in [3.05, 3.63) is 66.0 Å². The lowest BCUT2D eigenvalue weighted by atomic mass is 10.1. The predicted molar refractivity (Wildman–Crippen MR) is 122 cm³/mol. The van der Waals surface area contributed by atoms with Crippen LogP contribution in [0, 0.1) is 6.92 Å². The molecule has 0 spiro atoms. The average Bonchev–Trinajstić information content (AvgIpc) is 3.30. The van der Waals surface area contributed by atoms with Crippen molar-refractivity contribution < 1.29 is 9.53 Å². The molecule has 0 bridgehead atoms. The predicted octanol–water partition coefficient (Wildman–Crippen LogP) is 4.18. The van der Waals surface area contributed by atoms with Gasteiger partial charge in [-0.25, -0.2) is 4.79 Å². The Kier molecular flexibility index (Phi) is 6.52. The van der Waals surface area contributed by atoms with Crippen molar-refractivity contribution in [3.8, 4) is 16.9 Å². The van der Waals surface area contributed by atoms with E-state index < -0.39 is 0 Å². The van der Waals surface area contributed by atoms with Gasteiger partial charge in [-0.3, -0.25) is 5.10 Å². The standard InChI is InChI=1S/C24H29N5O2/c1-17-4-3-5-18(12-17)14-25-24(30)28-22-7-6-19(20-15-26-27-16-20)13-23(22)31-21-8-10-29(2)11-9-21/h3-7,12-13,15-16,21H,8-11,14H2,1-2H3,(H,26,27)(H2,25,28,30). The van der Waals surface area contributed by atoms with Gasteiger partial charge in [-0.15, -0.1) is 0 Å². The number of anilines is 1. The largest absolute Gasteiger partial charge is 0.488 e. The molecule has 3 N–H and O–H groups in total. The van der Waals surface area contributed by atoms with Gasteiger partial charge in [0.2, 0.25) is 0 Å². The summed E-state index contributed by atoms with van der Waals surface area (Å²) < 4.78 is 6.35. The lowest BCUT2D eigenvalue weighted by molar-refractivity contribution is 0.115. The molecule has 0 unspecified atom stereocenters. The van der Waals surface area contributed by atoms with Gasteiger partial charge in [-0.2, -0.15) is 5.10 Å². The Morgan fingerprint density at radius 2 is 2.03 bits per heavy atom. The van der Waals surface area contributed by atoms with Gasteiger partial charge >= 0.3 is 6.03 Å². The van der Waals surface area contributed by atoms with Crippen LogP contribution in [0.3, 0.4) is 0 Å². The number of hydrogen-bond acceptors (Lipinski definition) is 4. The molecule has 1 fully saturated rings. The number of H-pyrrole nitrogens is 1. The summed E-state index contributed by atoms with van der Waals surface area (Å²) in [6, 6.07) is 13.7. The van der Waals surface area contributed by atoms with Crippen molar-refractivity contribution in [2.24, 2.45) is 0 Å². The molecule has 3 aromatic rings. The number of carbonyl (C=O) groups excluding carboxylic acids is 1. The maximum absolute atomic E-state index is 12.6. The number of nitrogens with zero attached hydrogens (tertiary/aromatic N) is 2. The van der Waals surface area contributed by atoms with Crippen molar-refractivity contribution in [3.63, 3.8) is 0 Å². The zero-order valence-electron chi connectivity index (χ0n) is 18.0. The summed E-state index contributed by atoms with van der Waals surface area (Å²) in [6.45, 7) is 4.52. The van der Waals surface area contributed by atoms with E-state index in [0.29, 0.717) is 18.0 Å². The number of ether oxygens (including phenoxy) is 1.